The average Bonchev–Trinajstić information content (AvgIpc) is 3.37. The minimum absolute atomic E-state index is 0.00420. The van der Waals surface area contributed by atoms with Crippen LogP contribution in [0.15, 0.2) is 83.8 Å². The Bertz CT molecular complexity index is 1670. The van der Waals surface area contributed by atoms with Crippen LogP contribution in [-0.4, -0.2) is 47.1 Å². The summed E-state index contributed by atoms with van der Waals surface area (Å²) in [5.74, 6) is -0.466. The van der Waals surface area contributed by atoms with E-state index in [1.807, 2.05) is 42.5 Å². The van der Waals surface area contributed by atoms with E-state index in [0.717, 1.165) is 39.8 Å². The van der Waals surface area contributed by atoms with Gasteiger partial charge in [-0.1, -0.05) is 36.4 Å². The SMILES string of the molecule is COC(=O)c1c(NC(=O)CSc2cccc(NC(=S)Nc3ccc(C(C)=O)cc3)c2)sc2c1CCN(Cc1ccccc1)C2. The fourth-order valence-corrected chi connectivity index (χ4v) is 7.18. The molecule has 1 aromatic heterocycles. The molecule has 1 aliphatic heterocycles. The second-order valence-corrected chi connectivity index (χ2v) is 12.8. The third-order valence-electron chi connectivity index (χ3n) is 7.04. The van der Waals surface area contributed by atoms with Crippen LogP contribution in [0, 0.1) is 0 Å². The predicted molar refractivity (Wildman–Crippen MR) is 182 cm³/mol. The predicted octanol–water partition coefficient (Wildman–Crippen LogP) is 6.84. The number of rotatable bonds is 10. The number of carbonyl (C=O) groups is 3. The summed E-state index contributed by atoms with van der Waals surface area (Å²) in [6.45, 7) is 3.89. The minimum atomic E-state index is -0.430. The zero-order valence-corrected chi connectivity index (χ0v) is 26.8. The molecule has 0 bridgehead atoms. The second-order valence-electron chi connectivity index (χ2n) is 10.2. The van der Waals surface area contributed by atoms with Crippen molar-refractivity contribution in [2.45, 2.75) is 31.3 Å². The number of benzene rings is 3. The molecule has 1 amide bonds. The fourth-order valence-electron chi connectivity index (χ4n) is 4.90. The van der Waals surface area contributed by atoms with Crippen molar-refractivity contribution in [3.8, 4) is 0 Å². The van der Waals surface area contributed by atoms with Crippen molar-refractivity contribution in [3.63, 3.8) is 0 Å². The van der Waals surface area contributed by atoms with Crippen LogP contribution < -0.4 is 16.0 Å². The third kappa shape index (κ3) is 8.11. The molecule has 0 saturated carbocycles. The Balaban J connectivity index is 1.18. The number of thioether (sulfide) groups is 1. The van der Waals surface area contributed by atoms with Gasteiger partial charge in [0, 0.05) is 46.3 Å². The maximum atomic E-state index is 13.0. The number of hydrogen-bond donors (Lipinski definition) is 3. The molecule has 1 aliphatic rings. The van der Waals surface area contributed by atoms with Crippen LogP contribution in [0.3, 0.4) is 0 Å². The number of ether oxygens (including phenoxy) is 1. The van der Waals surface area contributed by atoms with E-state index in [-0.39, 0.29) is 17.4 Å². The van der Waals surface area contributed by atoms with Gasteiger partial charge in [-0.2, -0.15) is 0 Å². The van der Waals surface area contributed by atoms with Crippen LogP contribution in [-0.2, 0) is 29.0 Å². The zero-order chi connectivity index (χ0) is 31.1. The molecule has 2 heterocycles. The van der Waals surface area contributed by atoms with Crippen molar-refractivity contribution in [1.29, 1.82) is 0 Å². The average molecular weight is 645 g/mol. The Morgan fingerprint density at radius 2 is 1.70 bits per heavy atom. The summed E-state index contributed by atoms with van der Waals surface area (Å²) in [4.78, 5) is 41.6. The topological polar surface area (TPSA) is 99.8 Å². The first-order valence-electron chi connectivity index (χ1n) is 14.0. The number of esters is 1. The van der Waals surface area contributed by atoms with Crippen LogP contribution in [0.4, 0.5) is 16.4 Å². The number of hydrogen-bond acceptors (Lipinski definition) is 8. The van der Waals surface area contributed by atoms with Gasteiger partial charge in [-0.15, -0.1) is 23.1 Å². The quantitative estimate of drug-likeness (QED) is 0.0742. The monoisotopic (exact) mass is 644 g/mol. The molecule has 11 heteroatoms. The van der Waals surface area contributed by atoms with Gasteiger partial charge in [0.15, 0.2) is 10.9 Å². The third-order valence-corrected chi connectivity index (χ3v) is 9.37. The lowest BCUT2D eigenvalue weighted by Crippen LogP contribution is -2.29. The maximum absolute atomic E-state index is 13.0. The molecule has 4 aromatic rings. The molecule has 0 saturated heterocycles. The maximum Gasteiger partial charge on any atom is 0.341 e. The molecule has 0 fully saturated rings. The number of fused-ring (bicyclic) bond motifs is 1. The minimum Gasteiger partial charge on any atom is -0.465 e. The number of thiocarbonyl (C=S) groups is 1. The van der Waals surface area contributed by atoms with E-state index in [0.29, 0.717) is 34.2 Å². The van der Waals surface area contributed by atoms with E-state index in [1.54, 1.807) is 24.3 Å². The molecular weight excluding hydrogens is 613 g/mol. The van der Waals surface area contributed by atoms with E-state index in [1.165, 1.54) is 42.7 Å². The Kier molecular flexibility index (Phi) is 10.4. The van der Waals surface area contributed by atoms with Crippen molar-refractivity contribution in [3.05, 3.63) is 106 Å². The summed E-state index contributed by atoms with van der Waals surface area (Å²) in [7, 11) is 1.37. The van der Waals surface area contributed by atoms with Gasteiger partial charge in [0.2, 0.25) is 5.91 Å². The Labute approximate surface area is 270 Å². The summed E-state index contributed by atoms with van der Waals surface area (Å²) in [5, 5.41) is 10.2. The lowest BCUT2D eigenvalue weighted by molar-refractivity contribution is -0.113. The molecule has 0 unspecified atom stereocenters. The van der Waals surface area contributed by atoms with Crippen LogP contribution >= 0.6 is 35.3 Å². The highest BCUT2D eigenvalue weighted by atomic mass is 32.2. The standard InChI is InChI=1S/C33H32N4O4S3/c1-21(38)23-11-13-24(14-12-23)34-33(42)35-25-9-6-10-26(17-25)43-20-29(39)36-31-30(32(40)41-2)27-15-16-37(19-28(27)44-31)18-22-7-4-3-5-8-22/h3-14,17H,15-16,18-20H2,1-2H3,(H,36,39)(H2,34,35,42). The molecule has 5 rings (SSSR count). The molecule has 8 nitrogen and oxygen atoms in total. The molecule has 0 atom stereocenters. The first-order chi connectivity index (χ1) is 21.3. The molecular formula is C33H32N4O4S3. The van der Waals surface area contributed by atoms with Crippen molar-refractivity contribution < 1.29 is 19.1 Å². The molecule has 226 valence electrons. The summed E-state index contributed by atoms with van der Waals surface area (Å²) < 4.78 is 5.09. The molecule has 3 N–H and O–H groups in total. The van der Waals surface area contributed by atoms with Gasteiger partial charge in [0.25, 0.3) is 0 Å². The number of amides is 1. The van der Waals surface area contributed by atoms with E-state index in [2.05, 4.69) is 33.0 Å². The zero-order valence-electron chi connectivity index (χ0n) is 24.3. The highest BCUT2D eigenvalue weighted by Gasteiger charge is 2.29. The normalized spacial score (nSPS) is 12.6. The van der Waals surface area contributed by atoms with Crippen LogP contribution in [0.25, 0.3) is 0 Å². The lowest BCUT2D eigenvalue weighted by atomic mass is 10.0. The Hall–Kier alpha value is -4.03. The number of nitrogens with zero attached hydrogens (tertiary/aromatic N) is 1. The molecule has 0 radical (unpaired) electrons. The number of thiophene rings is 1. The molecule has 44 heavy (non-hydrogen) atoms. The Morgan fingerprint density at radius 3 is 2.43 bits per heavy atom. The summed E-state index contributed by atoms with van der Waals surface area (Å²) in [6.07, 6.45) is 0.716. The highest BCUT2D eigenvalue weighted by Crippen LogP contribution is 2.38. The van der Waals surface area contributed by atoms with E-state index in [9.17, 15) is 14.4 Å². The Morgan fingerprint density at radius 1 is 0.955 bits per heavy atom. The smallest absolute Gasteiger partial charge is 0.341 e. The number of anilines is 3. The van der Waals surface area contributed by atoms with Crippen molar-refractivity contribution in [2.24, 2.45) is 0 Å². The van der Waals surface area contributed by atoms with E-state index >= 15 is 0 Å². The van der Waals surface area contributed by atoms with Gasteiger partial charge >= 0.3 is 5.97 Å². The number of methoxy groups -OCH3 is 1. The van der Waals surface area contributed by atoms with Crippen LogP contribution in [0.1, 0.15) is 43.6 Å². The number of nitrogens with one attached hydrogen (secondary N) is 3. The second kappa shape index (κ2) is 14.6. The fraction of sp³-hybridized carbons (Fsp3) is 0.212. The number of carbonyl (C=O) groups excluding carboxylic acids is 3. The van der Waals surface area contributed by atoms with Crippen LogP contribution in [0.2, 0.25) is 0 Å². The first-order valence-corrected chi connectivity index (χ1v) is 16.2. The van der Waals surface area contributed by atoms with Gasteiger partial charge in [-0.25, -0.2) is 4.79 Å². The molecule has 0 spiro atoms. The van der Waals surface area contributed by atoms with Crippen LogP contribution in [0.5, 0.6) is 0 Å². The first kappa shape index (κ1) is 31.4. The van der Waals surface area contributed by atoms with Gasteiger partial charge in [-0.05, 0) is 79.2 Å². The van der Waals surface area contributed by atoms with Gasteiger partial charge in [-0.3, -0.25) is 14.5 Å². The van der Waals surface area contributed by atoms with Crippen molar-refractivity contribution in [1.82, 2.24) is 4.90 Å². The van der Waals surface area contributed by atoms with Crippen molar-refractivity contribution >= 4 is 74.5 Å². The summed E-state index contributed by atoms with van der Waals surface area (Å²) in [6, 6.07) is 25.0. The number of Topliss-reactive ketones (excluding diaryl/α,β-unsaturated/α-hetero) is 1. The van der Waals surface area contributed by atoms with Crippen molar-refractivity contribution in [2.75, 3.05) is 35.4 Å². The molecule has 0 aliphatic carbocycles. The summed E-state index contributed by atoms with van der Waals surface area (Å²) >= 11 is 8.28. The summed E-state index contributed by atoms with van der Waals surface area (Å²) in [5.41, 5.74) is 4.84. The van der Waals surface area contributed by atoms with E-state index in [4.69, 9.17) is 17.0 Å². The largest absolute Gasteiger partial charge is 0.465 e. The lowest BCUT2D eigenvalue weighted by Gasteiger charge is -2.27. The van der Waals surface area contributed by atoms with Gasteiger partial charge < -0.3 is 20.7 Å². The van der Waals surface area contributed by atoms with E-state index < -0.39 is 5.97 Å². The molecule has 3 aromatic carbocycles. The highest BCUT2D eigenvalue weighted by molar-refractivity contribution is 8.00. The number of ketones is 1. The van der Waals surface area contributed by atoms with Gasteiger partial charge in [0.05, 0.1) is 18.4 Å². The van der Waals surface area contributed by atoms with Gasteiger partial charge in [0.1, 0.15) is 5.00 Å².